The summed E-state index contributed by atoms with van der Waals surface area (Å²) in [5, 5.41) is 8.82. The first kappa shape index (κ1) is 17.0. The highest BCUT2D eigenvalue weighted by Gasteiger charge is 2.17. The molecule has 0 saturated carbocycles. The number of hydrogen-bond donors (Lipinski definition) is 1. The van der Waals surface area contributed by atoms with E-state index in [1.807, 2.05) is 6.07 Å². The number of benzene rings is 2. The van der Waals surface area contributed by atoms with E-state index in [0.29, 0.717) is 5.56 Å². The zero-order chi connectivity index (χ0) is 17.1. The molecule has 0 aliphatic heterocycles. The van der Waals surface area contributed by atoms with E-state index in [1.54, 1.807) is 12.1 Å². The number of sulfone groups is 1. The summed E-state index contributed by atoms with van der Waals surface area (Å²) in [5.41, 5.74) is 0.587. The molecule has 1 N–H and O–H groups in total. The summed E-state index contributed by atoms with van der Waals surface area (Å²) in [4.78, 5) is 0.0142. The molecule has 0 atom stereocenters. The third kappa shape index (κ3) is 3.88. The molecule has 0 heterocycles. The van der Waals surface area contributed by atoms with Gasteiger partial charge < -0.3 is 0 Å². The number of rotatable bonds is 5. The predicted molar refractivity (Wildman–Crippen MR) is 86.1 cm³/mol. The van der Waals surface area contributed by atoms with Gasteiger partial charge in [-0.05, 0) is 42.5 Å². The van der Waals surface area contributed by atoms with Crippen LogP contribution in [-0.2, 0) is 19.9 Å². The molecule has 0 saturated heterocycles. The first-order valence-corrected chi connectivity index (χ1v) is 9.78. The first-order valence-electron chi connectivity index (χ1n) is 6.64. The van der Waals surface area contributed by atoms with E-state index in [1.165, 1.54) is 43.3 Å². The second-order valence-electron chi connectivity index (χ2n) is 4.67. The maximum absolute atomic E-state index is 12.3. The van der Waals surface area contributed by atoms with Crippen LogP contribution >= 0.6 is 0 Å². The standard InChI is InChI=1S/C15H14N2O4S2/c1-2-22(18,19)14-6-8-15(9-7-14)23(20,21)17-13-5-3-4-12(10-13)11-16/h3-10,17H,2H2,1H3. The van der Waals surface area contributed by atoms with Gasteiger partial charge in [-0.15, -0.1) is 0 Å². The van der Waals surface area contributed by atoms with Crippen LogP contribution in [0.4, 0.5) is 5.69 Å². The van der Waals surface area contributed by atoms with E-state index in [-0.39, 0.29) is 21.2 Å². The van der Waals surface area contributed by atoms with Crippen LogP contribution in [0.3, 0.4) is 0 Å². The Hall–Kier alpha value is -2.37. The van der Waals surface area contributed by atoms with Crippen molar-refractivity contribution in [2.24, 2.45) is 0 Å². The van der Waals surface area contributed by atoms with Gasteiger partial charge in [-0.2, -0.15) is 5.26 Å². The van der Waals surface area contributed by atoms with E-state index in [4.69, 9.17) is 5.26 Å². The largest absolute Gasteiger partial charge is 0.280 e. The van der Waals surface area contributed by atoms with Crippen LogP contribution in [0.15, 0.2) is 58.3 Å². The molecule has 0 amide bonds. The molecule has 0 aromatic heterocycles. The van der Waals surface area contributed by atoms with Gasteiger partial charge >= 0.3 is 0 Å². The van der Waals surface area contributed by atoms with E-state index in [9.17, 15) is 16.8 Å². The zero-order valence-electron chi connectivity index (χ0n) is 12.2. The van der Waals surface area contributed by atoms with Gasteiger partial charge in [-0.3, -0.25) is 4.72 Å². The molecule has 0 radical (unpaired) electrons. The lowest BCUT2D eigenvalue weighted by molar-refractivity contribution is 0.595. The highest BCUT2D eigenvalue weighted by molar-refractivity contribution is 7.92. The molecule has 0 aliphatic carbocycles. The zero-order valence-corrected chi connectivity index (χ0v) is 13.9. The minimum Gasteiger partial charge on any atom is -0.280 e. The van der Waals surface area contributed by atoms with Gasteiger partial charge in [0.1, 0.15) is 0 Å². The summed E-state index contributed by atoms with van der Waals surface area (Å²) in [6.45, 7) is 1.52. The topological polar surface area (TPSA) is 104 Å². The van der Waals surface area contributed by atoms with Crippen molar-refractivity contribution in [2.45, 2.75) is 16.7 Å². The number of hydrogen-bond acceptors (Lipinski definition) is 5. The monoisotopic (exact) mass is 350 g/mol. The lowest BCUT2D eigenvalue weighted by atomic mass is 10.2. The van der Waals surface area contributed by atoms with Crippen molar-refractivity contribution in [1.82, 2.24) is 0 Å². The number of nitrogens with one attached hydrogen (secondary N) is 1. The van der Waals surface area contributed by atoms with Gasteiger partial charge in [0, 0.05) is 0 Å². The van der Waals surface area contributed by atoms with Crippen molar-refractivity contribution in [3.63, 3.8) is 0 Å². The van der Waals surface area contributed by atoms with Crippen molar-refractivity contribution in [3.8, 4) is 6.07 Å². The number of anilines is 1. The van der Waals surface area contributed by atoms with Gasteiger partial charge in [0.2, 0.25) is 0 Å². The molecule has 2 aromatic rings. The fraction of sp³-hybridized carbons (Fsp3) is 0.133. The highest BCUT2D eigenvalue weighted by Crippen LogP contribution is 2.19. The van der Waals surface area contributed by atoms with Crippen LogP contribution in [0.5, 0.6) is 0 Å². The normalized spacial score (nSPS) is 11.7. The molecule has 0 bridgehead atoms. The summed E-state index contributed by atoms with van der Waals surface area (Å²) < 4.78 is 50.4. The fourth-order valence-corrected chi connectivity index (χ4v) is 3.79. The van der Waals surface area contributed by atoms with Crippen LogP contribution in [-0.4, -0.2) is 22.6 Å². The predicted octanol–water partition coefficient (Wildman–Crippen LogP) is 2.15. The highest BCUT2D eigenvalue weighted by atomic mass is 32.2. The Bertz CT molecular complexity index is 957. The molecule has 8 heteroatoms. The van der Waals surface area contributed by atoms with Gasteiger partial charge in [0.15, 0.2) is 9.84 Å². The summed E-state index contributed by atoms with van der Waals surface area (Å²) in [6, 6.07) is 13.0. The Labute approximate surface area is 135 Å². The molecule has 2 rings (SSSR count). The molecule has 0 aliphatic rings. The average molecular weight is 350 g/mol. The summed E-state index contributed by atoms with van der Waals surface area (Å²) >= 11 is 0. The molecule has 0 fully saturated rings. The van der Waals surface area contributed by atoms with Crippen LogP contribution in [0.2, 0.25) is 0 Å². The second-order valence-corrected chi connectivity index (χ2v) is 8.63. The molecular weight excluding hydrogens is 336 g/mol. The first-order chi connectivity index (χ1) is 10.8. The molecule has 23 heavy (non-hydrogen) atoms. The fourth-order valence-electron chi connectivity index (χ4n) is 1.86. The van der Waals surface area contributed by atoms with Crippen LogP contribution < -0.4 is 4.72 Å². The lowest BCUT2D eigenvalue weighted by Gasteiger charge is -2.09. The van der Waals surface area contributed by atoms with Crippen molar-refractivity contribution in [3.05, 3.63) is 54.1 Å². The summed E-state index contributed by atoms with van der Waals surface area (Å²) in [5.74, 6) is -0.0572. The average Bonchev–Trinajstić information content (AvgIpc) is 2.54. The Balaban J connectivity index is 2.31. The third-order valence-electron chi connectivity index (χ3n) is 3.12. The third-order valence-corrected chi connectivity index (χ3v) is 6.26. The van der Waals surface area contributed by atoms with E-state index in [0.717, 1.165) is 0 Å². The Morgan fingerprint density at radius 2 is 1.61 bits per heavy atom. The molecule has 2 aromatic carbocycles. The molecule has 0 spiro atoms. The lowest BCUT2D eigenvalue weighted by Crippen LogP contribution is -2.13. The Morgan fingerprint density at radius 3 is 2.17 bits per heavy atom. The number of nitrogens with zero attached hydrogens (tertiary/aromatic N) is 1. The maximum Gasteiger partial charge on any atom is 0.261 e. The van der Waals surface area contributed by atoms with E-state index < -0.39 is 19.9 Å². The van der Waals surface area contributed by atoms with Gasteiger partial charge in [0.05, 0.1) is 32.9 Å². The summed E-state index contributed by atoms with van der Waals surface area (Å²) in [6.07, 6.45) is 0. The molecule has 6 nitrogen and oxygen atoms in total. The smallest absolute Gasteiger partial charge is 0.261 e. The molecular formula is C15H14N2O4S2. The van der Waals surface area contributed by atoms with Gasteiger partial charge in [0.25, 0.3) is 10.0 Å². The SMILES string of the molecule is CCS(=O)(=O)c1ccc(S(=O)(=O)Nc2cccc(C#N)c2)cc1. The van der Waals surface area contributed by atoms with Crippen molar-refractivity contribution in [1.29, 1.82) is 5.26 Å². The van der Waals surface area contributed by atoms with E-state index >= 15 is 0 Å². The van der Waals surface area contributed by atoms with Crippen LogP contribution in [0.1, 0.15) is 12.5 Å². The van der Waals surface area contributed by atoms with Crippen LogP contribution in [0.25, 0.3) is 0 Å². The number of sulfonamides is 1. The minimum absolute atomic E-state index is 0.0572. The quantitative estimate of drug-likeness (QED) is 0.890. The van der Waals surface area contributed by atoms with E-state index in [2.05, 4.69) is 4.72 Å². The minimum atomic E-state index is -3.86. The molecule has 0 unspecified atom stereocenters. The van der Waals surface area contributed by atoms with Crippen molar-refractivity contribution in [2.75, 3.05) is 10.5 Å². The van der Waals surface area contributed by atoms with Gasteiger partial charge in [-0.1, -0.05) is 13.0 Å². The Morgan fingerprint density at radius 1 is 1.00 bits per heavy atom. The van der Waals surface area contributed by atoms with Crippen molar-refractivity contribution >= 4 is 25.5 Å². The van der Waals surface area contributed by atoms with Crippen LogP contribution in [0, 0.1) is 11.3 Å². The maximum atomic E-state index is 12.3. The molecule has 120 valence electrons. The van der Waals surface area contributed by atoms with Gasteiger partial charge in [-0.25, -0.2) is 16.8 Å². The summed E-state index contributed by atoms with van der Waals surface area (Å²) in [7, 11) is -7.24. The van der Waals surface area contributed by atoms with Crippen molar-refractivity contribution < 1.29 is 16.8 Å². The number of nitriles is 1. The second kappa shape index (κ2) is 6.40. The Kier molecular flexibility index (Phi) is 4.73.